The summed E-state index contributed by atoms with van der Waals surface area (Å²) in [5.74, 6) is 0.478. The van der Waals surface area contributed by atoms with Gasteiger partial charge >= 0.3 is 5.97 Å². The number of aryl methyl sites for hydroxylation is 1. The minimum absolute atomic E-state index is 0.174. The van der Waals surface area contributed by atoms with Crippen LogP contribution in [-0.2, 0) is 16.0 Å². The number of hydrogen-bond acceptors (Lipinski definition) is 3. The van der Waals surface area contributed by atoms with Gasteiger partial charge in [-0.3, -0.25) is 4.79 Å². The summed E-state index contributed by atoms with van der Waals surface area (Å²) in [5.41, 5.74) is 4.51. The molecule has 2 aromatic carbocycles. The van der Waals surface area contributed by atoms with Crippen LogP contribution in [-0.4, -0.2) is 21.4 Å². The van der Waals surface area contributed by atoms with E-state index in [-0.39, 0.29) is 16.9 Å². The molecule has 0 fully saturated rings. The summed E-state index contributed by atoms with van der Waals surface area (Å²) in [6.45, 7) is 15.3. The molecule has 1 atom stereocenters. The first-order valence-corrected chi connectivity index (χ1v) is 12.9. The van der Waals surface area contributed by atoms with Gasteiger partial charge in [0.1, 0.15) is 5.75 Å². The van der Waals surface area contributed by atoms with E-state index in [0.29, 0.717) is 0 Å². The summed E-state index contributed by atoms with van der Waals surface area (Å²) in [6.07, 6.45) is 0.872. The van der Waals surface area contributed by atoms with Gasteiger partial charge in [-0.05, 0) is 65.9 Å². The molecule has 152 valence electrons. The molecule has 28 heavy (non-hydrogen) atoms. The molecule has 3 nitrogen and oxygen atoms in total. The third-order valence-electron chi connectivity index (χ3n) is 5.91. The van der Waals surface area contributed by atoms with Gasteiger partial charge in [-0.2, -0.15) is 0 Å². The van der Waals surface area contributed by atoms with Gasteiger partial charge < -0.3 is 9.16 Å². The van der Waals surface area contributed by atoms with Crippen molar-refractivity contribution in [1.29, 1.82) is 0 Å². The summed E-state index contributed by atoms with van der Waals surface area (Å²) in [5, 5.41) is 0.174. The molecule has 0 heterocycles. The number of benzene rings is 2. The summed E-state index contributed by atoms with van der Waals surface area (Å²) in [4.78, 5) is 11.9. The lowest BCUT2D eigenvalue weighted by atomic mass is 9.91. The molecular formula is C24H34O3Si. The highest BCUT2D eigenvalue weighted by atomic mass is 28.4. The topological polar surface area (TPSA) is 35.5 Å². The van der Waals surface area contributed by atoms with Crippen molar-refractivity contribution < 1.29 is 14.0 Å². The molecule has 0 saturated carbocycles. The van der Waals surface area contributed by atoms with E-state index in [1.165, 1.54) is 12.7 Å². The van der Waals surface area contributed by atoms with E-state index < -0.39 is 8.32 Å². The number of carbonyl (C=O) groups excluding carboxylic acids is 1. The van der Waals surface area contributed by atoms with E-state index in [9.17, 15) is 4.79 Å². The lowest BCUT2D eigenvalue weighted by Crippen LogP contribution is -2.43. The third kappa shape index (κ3) is 4.85. The first-order valence-electron chi connectivity index (χ1n) is 10.00. The van der Waals surface area contributed by atoms with Crippen molar-refractivity contribution >= 4 is 14.3 Å². The Labute approximate surface area is 171 Å². The van der Waals surface area contributed by atoms with Crippen LogP contribution in [0.25, 0.3) is 11.1 Å². The van der Waals surface area contributed by atoms with Crippen molar-refractivity contribution in [3.05, 3.63) is 53.6 Å². The van der Waals surface area contributed by atoms with Gasteiger partial charge in [-0.25, -0.2) is 0 Å². The zero-order valence-electron chi connectivity index (χ0n) is 18.6. The Bertz CT molecular complexity index is 817. The van der Waals surface area contributed by atoms with Crippen molar-refractivity contribution in [2.45, 2.75) is 65.1 Å². The van der Waals surface area contributed by atoms with Gasteiger partial charge in [0.2, 0.25) is 8.32 Å². The molecule has 4 heteroatoms. The van der Waals surface area contributed by atoms with E-state index in [4.69, 9.17) is 9.16 Å². The van der Waals surface area contributed by atoms with Crippen molar-refractivity contribution in [3.63, 3.8) is 0 Å². The van der Waals surface area contributed by atoms with Gasteiger partial charge in [0.15, 0.2) is 0 Å². The molecule has 0 saturated heterocycles. The predicted molar refractivity (Wildman–Crippen MR) is 120 cm³/mol. The van der Waals surface area contributed by atoms with Gasteiger partial charge in [-0.15, -0.1) is 0 Å². The molecule has 0 bridgehead atoms. The van der Waals surface area contributed by atoms with Gasteiger partial charge in [0.25, 0.3) is 0 Å². The van der Waals surface area contributed by atoms with E-state index in [1.54, 1.807) is 0 Å². The van der Waals surface area contributed by atoms with Crippen molar-refractivity contribution in [1.82, 2.24) is 0 Å². The first-order chi connectivity index (χ1) is 13.0. The molecule has 0 aliphatic rings. The third-order valence-corrected chi connectivity index (χ3v) is 10.3. The molecule has 2 rings (SSSR count). The fourth-order valence-corrected chi connectivity index (χ4v) is 4.01. The molecule has 0 aliphatic carbocycles. The van der Waals surface area contributed by atoms with Crippen LogP contribution >= 0.6 is 0 Å². The number of esters is 1. The maximum atomic E-state index is 11.9. The largest absolute Gasteiger partial charge is 0.544 e. The first kappa shape index (κ1) is 22.2. The predicted octanol–water partition coefficient (Wildman–Crippen LogP) is 6.58. The Balaban J connectivity index is 2.28. The van der Waals surface area contributed by atoms with Crippen LogP contribution in [0.1, 0.15) is 51.7 Å². The molecule has 0 N–H and O–H groups in total. The second-order valence-corrected chi connectivity index (χ2v) is 13.6. The summed E-state index contributed by atoms with van der Waals surface area (Å²) < 4.78 is 11.3. The van der Waals surface area contributed by atoms with Gasteiger partial charge in [0, 0.05) is 0 Å². The smallest absolute Gasteiger partial charge is 0.312 e. The van der Waals surface area contributed by atoms with Crippen molar-refractivity contribution in [3.8, 4) is 16.9 Å². The standard InChI is InChI=1S/C24H34O3Si/c1-9-18-16-20(12-15-22(18)17(2)23(25)26-6)19-10-13-21(14-11-19)27-28(7,8)24(3,4)5/h10-17H,9H2,1-8H3. The highest BCUT2D eigenvalue weighted by molar-refractivity contribution is 6.74. The molecule has 0 aliphatic heterocycles. The maximum absolute atomic E-state index is 11.9. The molecule has 1 unspecified atom stereocenters. The summed E-state index contributed by atoms with van der Waals surface area (Å²) in [7, 11) is -0.399. The Morgan fingerprint density at radius 1 is 1.04 bits per heavy atom. The zero-order valence-corrected chi connectivity index (χ0v) is 19.6. The summed E-state index contributed by atoms with van der Waals surface area (Å²) in [6, 6.07) is 14.7. The second-order valence-electron chi connectivity index (χ2n) is 8.90. The van der Waals surface area contributed by atoms with Gasteiger partial charge in [0.05, 0.1) is 13.0 Å². The number of hydrogen-bond donors (Lipinski definition) is 0. The quantitative estimate of drug-likeness (QED) is 0.407. The summed E-state index contributed by atoms with van der Waals surface area (Å²) >= 11 is 0. The number of ether oxygens (including phenoxy) is 1. The second kappa shape index (κ2) is 8.52. The van der Waals surface area contributed by atoms with Crippen LogP contribution in [0.15, 0.2) is 42.5 Å². The maximum Gasteiger partial charge on any atom is 0.312 e. The number of methoxy groups -OCH3 is 1. The van der Waals surface area contributed by atoms with E-state index >= 15 is 0 Å². The molecular weight excluding hydrogens is 364 g/mol. The molecule has 0 amide bonds. The van der Waals surface area contributed by atoms with Crippen molar-refractivity contribution in [2.75, 3.05) is 7.11 Å². The lowest BCUT2D eigenvalue weighted by molar-refractivity contribution is -0.142. The highest BCUT2D eigenvalue weighted by Gasteiger charge is 2.38. The number of carbonyl (C=O) groups is 1. The van der Waals surface area contributed by atoms with Crippen LogP contribution < -0.4 is 4.43 Å². The average Bonchev–Trinajstić information content (AvgIpc) is 2.65. The Morgan fingerprint density at radius 2 is 1.61 bits per heavy atom. The molecule has 2 aromatic rings. The SMILES string of the molecule is CCc1cc(-c2ccc(O[Si](C)(C)C(C)(C)C)cc2)ccc1C(C)C(=O)OC. The zero-order chi connectivity index (χ0) is 21.1. The molecule has 0 radical (unpaired) electrons. The normalized spacial score (nSPS) is 13.1. The molecule has 0 spiro atoms. The molecule has 0 aromatic heterocycles. The Hall–Kier alpha value is -2.07. The highest BCUT2D eigenvalue weighted by Crippen LogP contribution is 2.38. The minimum atomic E-state index is -1.84. The van der Waals surface area contributed by atoms with E-state index in [2.05, 4.69) is 83.3 Å². The minimum Gasteiger partial charge on any atom is -0.544 e. The van der Waals surface area contributed by atoms with Crippen LogP contribution in [0.3, 0.4) is 0 Å². The fourth-order valence-electron chi connectivity index (χ4n) is 2.98. The van der Waals surface area contributed by atoms with Crippen LogP contribution in [0.5, 0.6) is 5.75 Å². The number of rotatable bonds is 6. The van der Waals surface area contributed by atoms with Crippen LogP contribution in [0.4, 0.5) is 0 Å². The Kier molecular flexibility index (Phi) is 6.76. The van der Waals surface area contributed by atoms with Gasteiger partial charge in [-0.1, -0.05) is 58.0 Å². The van der Waals surface area contributed by atoms with Crippen molar-refractivity contribution in [2.24, 2.45) is 0 Å². The monoisotopic (exact) mass is 398 g/mol. The van der Waals surface area contributed by atoms with E-state index in [0.717, 1.165) is 28.9 Å². The lowest BCUT2D eigenvalue weighted by Gasteiger charge is -2.36. The Morgan fingerprint density at radius 3 is 2.11 bits per heavy atom. The fraction of sp³-hybridized carbons (Fsp3) is 0.458. The van der Waals surface area contributed by atoms with Crippen LogP contribution in [0, 0.1) is 0 Å². The average molecular weight is 399 g/mol. The van der Waals surface area contributed by atoms with Crippen LogP contribution in [0.2, 0.25) is 18.1 Å². The van der Waals surface area contributed by atoms with E-state index in [1.807, 2.05) is 6.92 Å².